The van der Waals surface area contributed by atoms with Crippen LogP contribution in [0.3, 0.4) is 0 Å². The highest BCUT2D eigenvalue weighted by molar-refractivity contribution is 5.67. The first kappa shape index (κ1) is 30.1. The molecule has 5 nitrogen and oxygen atoms in total. The maximum atomic E-state index is 12.9. The largest absolute Gasteiger partial charge is 0.489 e. The number of aliphatic carboxylic acids is 1. The summed E-state index contributed by atoms with van der Waals surface area (Å²) in [7, 11) is 0. The van der Waals surface area contributed by atoms with Gasteiger partial charge < -0.3 is 14.6 Å². The Hall–Kier alpha value is -3.36. The Morgan fingerprint density at radius 2 is 1.52 bits per heavy atom. The minimum Gasteiger partial charge on any atom is -0.489 e. The average Bonchev–Trinajstić information content (AvgIpc) is 2.97. The molecule has 2 fully saturated rings. The summed E-state index contributed by atoms with van der Waals surface area (Å²) < 4.78 is 50.9. The second-order valence-corrected chi connectivity index (χ2v) is 11.7. The van der Waals surface area contributed by atoms with E-state index >= 15 is 0 Å². The van der Waals surface area contributed by atoms with Crippen molar-refractivity contribution in [3.05, 3.63) is 101 Å². The van der Waals surface area contributed by atoms with Gasteiger partial charge in [-0.05, 0) is 91.0 Å². The lowest BCUT2D eigenvalue weighted by Crippen LogP contribution is -2.49. The normalized spacial score (nSPS) is 19.1. The predicted octanol–water partition coefficient (Wildman–Crippen LogP) is 7.31. The number of likely N-dealkylation sites (tertiary alicyclic amines) is 1. The summed E-state index contributed by atoms with van der Waals surface area (Å²) >= 11 is 0. The van der Waals surface area contributed by atoms with Crippen molar-refractivity contribution >= 4 is 5.97 Å². The van der Waals surface area contributed by atoms with Crippen molar-refractivity contribution in [2.75, 3.05) is 19.7 Å². The summed E-state index contributed by atoms with van der Waals surface area (Å²) in [6, 6.07) is 21.7. The van der Waals surface area contributed by atoms with E-state index in [-0.39, 0.29) is 12.0 Å². The molecule has 224 valence electrons. The zero-order valence-corrected chi connectivity index (χ0v) is 23.7. The molecule has 0 saturated carbocycles. The van der Waals surface area contributed by atoms with Crippen LogP contribution in [0.5, 0.6) is 5.75 Å². The Kier molecular flexibility index (Phi) is 9.53. The Bertz CT molecular complexity index is 1300. The third-order valence-electron chi connectivity index (χ3n) is 8.55. The molecule has 42 heavy (non-hydrogen) atoms. The van der Waals surface area contributed by atoms with E-state index in [4.69, 9.17) is 14.6 Å². The molecule has 0 radical (unpaired) electrons. The molecule has 0 amide bonds. The molecule has 0 aliphatic carbocycles. The van der Waals surface area contributed by atoms with Crippen molar-refractivity contribution in [3.63, 3.8) is 0 Å². The van der Waals surface area contributed by atoms with Gasteiger partial charge in [0.1, 0.15) is 12.4 Å². The van der Waals surface area contributed by atoms with Crippen LogP contribution < -0.4 is 4.74 Å². The van der Waals surface area contributed by atoms with E-state index in [1.807, 2.05) is 24.3 Å². The van der Waals surface area contributed by atoms with Crippen LogP contribution in [-0.2, 0) is 41.7 Å². The maximum absolute atomic E-state index is 12.9. The van der Waals surface area contributed by atoms with Crippen LogP contribution >= 0.6 is 0 Å². The van der Waals surface area contributed by atoms with Gasteiger partial charge in [0.25, 0.3) is 0 Å². The van der Waals surface area contributed by atoms with Crippen molar-refractivity contribution in [3.8, 4) is 5.75 Å². The van der Waals surface area contributed by atoms with Crippen molar-refractivity contribution in [1.29, 1.82) is 0 Å². The number of piperidine rings is 1. The fraction of sp³-hybridized carbons (Fsp3) is 0.441. The number of benzene rings is 3. The molecule has 0 bridgehead atoms. The smallest absolute Gasteiger partial charge is 0.416 e. The van der Waals surface area contributed by atoms with Gasteiger partial charge in [0.2, 0.25) is 0 Å². The number of hydrogen-bond acceptors (Lipinski definition) is 4. The first-order valence-electron chi connectivity index (χ1n) is 14.7. The summed E-state index contributed by atoms with van der Waals surface area (Å²) in [5.74, 6) is 0.380. The summed E-state index contributed by atoms with van der Waals surface area (Å²) in [5.41, 5.74) is 3.56. The zero-order chi connectivity index (χ0) is 29.6. The standard InChI is InChI=1S/C34H38F3NO4/c35-34(36,37)30-10-5-26(6-11-30)21-29-15-20-42-33(22-29)16-18-38(19-17-33)23-27-1-3-28(4-2-27)24-41-31-12-7-25(8-13-31)9-14-32(39)40/h1-8,10-13,29H,9,14-24H2,(H,39,40). The zero-order valence-electron chi connectivity index (χ0n) is 23.7. The molecular formula is C34H38F3NO4. The third-order valence-corrected chi connectivity index (χ3v) is 8.55. The van der Waals surface area contributed by atoms with Crippen molar-refractivity contribution < 1.29 is 32.5 Å². The lowest BCUT2D eigenvalue weighted by Gasteiger charge is -2.46. The predicted molar refractivity (Wildman–Crippen MR) is 154 cm³/mol. The van der Waals surface area contributed by atoms with Crippen LogP contribution in [0.4, 0.5) is 13.2 Å². The number of carboxylic acid groups (broad SMARTS) is 1. The molecule has 8 heteroatoms. The molecule has 2 saturated heterocycles. The van der Waals surface area contributed by atoms with E-state index < -0.39 is 17.7 Å². The van der Waals surface area contributed by atoms with E-state index in [0.29, 0.717) is 25.6 Å². The quantitative estimate of drug-likeness (QED) is 0.272. The molecule has 1 spiro atoms. The summed E-state index contributed by atoms with van der Waals surface area (Å²) in [5, 5.41) is 8.82. The van der Waals surface area contributed by atoms with Gasteiger partial charge in [-0.1, -0.05) is 48.5 Å². The third kappa shape index (κ3) is 8.35. The fourth-order valence-corrected chi connectivity index (χ4v) is 6.10. The maximum Gasteiger partial charge on any atom is 0.416 e. The average molecular weight is 582 g/mol. The van der Waals surface area contributed by atoms with E-state index in [1.165, 1.54) is 17.7 Å². The number of rotatable bonds is 10. The first-order valence-corrected chi connectivity index (χ1v) is 14.7. The monoisotopic (exact) mass is 581 g/mol. The van der Waals surface area contributed by atoms with Crippen molar-refractivity contribution in [2.24, 2.45) is 5.92 Å². The summed E-state index contributed by atoms with van der Waals surface area (Å²) in [4.78, 5) is 13.2. The molecular weight excluding hydrogens is 543 g/mol. The van der Waals surface area contributed by atoms with Crippen LogP contribution in [0.15, 0.2) is 72.8 Å². The molecule has 2 heterocycles. The molecule has 1 unspecified atom stereocenters. The van der Waals surface area contributed by atoms with Crippen LogP contribution in [0, 0.1) is 5.92 Å². The van der Waals surface area contributed by atoms with Gasteiger partial charge >= 0.3 is 12.1 Å². The SMILES string of the molecule is O=C(O)CCc1ccc(OCc2ccc(CN3CCC4(CC3)CC(Cc3ccc(C(F)(F)F)cc3)CCO4)cc2)cc1. The Balaban J connectivity index is 1.05. The minimum atomic E-state index is -4.30. The van der Waals surface area contributed by atoms with Gasteiger partial charge in [-0.3, -0.25) is 9.69 Å². The second-order valence-electron chi connectivity index (χ2n) is 11.7. The molecule has 3 aromatic rings. The Labute approximate surface area is 245 Å². The van der Waals surface area contributed by atoms with Gasteiger partial charge in [0, 0.05) is 32.7 Å². The topological polar surface area (TPSA) is 59.0 Å². The molecule has 1 atom stereocenters. The van der Waals surface area contributed by atoms with Gasteiger partial charge in [-0.25, -0.2) is 0 Å². The second kappa shape index (κ2) is 13.3. The lowest BCUT2D eigenvalue weighted by molar-refractivity contribution is -0.138. The van der Waals surface area contributed by atoms with E-state index in [9.17, 15) is 18.0 Å². The molecule has 0 aromatic heterocycles. The number of aryl methyl sites for hydroxylation is 1. The van der Waals surface area contributed by atoms with Gasteiger partial charge in [0.05, 0.1) is 11.2 Å². The van der Waals surface area contributed by atoms with Gasteiger partial charge in [-0.2, -0.15) is 13.2 Å². The number of hydrogen-bond donors (Lipinski definition) is 1. The van der Waals surface area contributed by atoms with Gasteiger partial charge in [0.15, 0.2) is 0 Å². The highest BCUT2D eigenvalue weighted by atomic mass is 19.4. The Morgan fingerprint density at radius 3 is 2.17 bits per heavy atom. The number of alkyl halides is 3. The minimum absolute atomic E-state index is 0.119. The van der Waals surface area contributed by atoms with E-state index in [2.05, 4.69) is 29.2 Å². The fourth-order valence-electron chi connectivity index (χ4n) is 6.10. The van der Waals surface area contributed by atoms with E-state index in [1.54, 1.807) is 12.1 Å². The molecule has 5 rings (SSSR count). The number of halogens is 3. The van der Waals surface area contributed by atoms with Crippen LogP contribution in [0.25, 0.3) is 0 Å². The van der Waals surface area contributed by atoms with Crippen LogP contribution in [-0.4, -0.2) is 41.3 Å². The lowest BCUT2D eigenvalue weighted by atomic mass is 9.77. The molecule has 1 N–H and O–H groups in total. The first-order chi connectivity index (χ1) is 20.2. The van der Waals surface area contributed by atoms with Crippen molar-refractivity contribution in [2.45, 2.75) is 69.9 Å². The number of carboxylic acids is 1. The van der Waals surface area contributed by atoms with E-state index in [0.717, 1.165) is 74.2 Å². The Morgan fingerprint density at radius 1 is 0.905 bits per heavy atom. The molecule has 2 aliphatic rings. The van der Waals surface area contributed by atoms with Crippen LogP contribution in [0.2, 0.25) is 0 Å². The van der Waals surface area contributed by atoms with Gasteiger partial charge in [-0.15, -0.1) is 0 Å². The highest BCUT2D eigenvalue weighted by Gasteiger charge is 2.40. The summed E-state index contributed by atoms with van der Waals surface area (Å²) in [6.45, 7) is 3.97. The van der Waals surface area contributed by atoms with Crippen LogP contribution in [0.1, 0.15) is 59.9 Å². The number of carbonyl (C=O) groups is 1. The number of ether oxygens (including phenoxy) is 2. The molecule has 3 aromatic carbocycles. The highest BCUT2D eigenvalue weighted by Crippen LogP contribution is 2.39. The molecule has 2 aliphatic heterocycles. The number of nitrogens with zero attached hydrogens (tertiary/aromatic N) is 1. The summed E-state index contributed by atoms with van der Waals surface area (Å²) in [6.07, 6.45) is 0.966. The van der Waals surface area contributed by atoms with Crippen molar-refractivity contribution in [1.82, 2.24) is 4.90 Å².